The van der Waals surface area contributed by atoms with Gasteiger partial charge in [-0.2, -0.15) is 0 Å². The second-order valence-electron chi connectivity index (χ2n) is 6.04. The summed E-state index contributed by atoms with van der Waals surface area (Å²) in [4.78, 5) is 2.60. The van der Waals surface area contributed by atoms with Crippen molar-refractivity contribution in [3.63, 3.8) is 0 Å². The summed E-state index contributed by atoms with van der Waals surface area (Å²) in [6, 6.07) is 8.80. The molecule has 1 aromatic rings. The Labute approximate surface area is 127 Å². The van der Waals surface area contributed by atoms with Gasteiger partial charge in [-0.05, 0) is 24.8 Å². The molecule has 4 heteroatoms. The Hall–Kier alpha value is -1.10. The zero-order chi connectivity index (χ0) is 14.5. The van der Waals surface area contributed by atoms with E-state index in [1.165, 1.54) is 18.4 Å². The van der Waals surface area contributed by atoms with Crippen LogP contribution < -0.4 is 10.1 Å². The van der Waals surface area contributed by atoms with Gasteiger partial charge in [-0.25, -0.2) is 0 Å². The fraction of sp³-hybridized carbons (Fsp3) is 0.647. The van der Waals surface area contributed by atoms with E-state index in [1.54, 1.807) is 7.11 Å². The molecule has 4 nitrogen and oxygen atoms in total. The molecular formula is C17H26N2O2. The Morgan fingerprint density at radius 2 is 2.29 bits per heavy atom. The van der Waals surface area contributed by atoms with Gasteiger partial charge in [0.1, 0.15) is 5.75 Å². The van der Waals surface area contributed by atoms with Crippen molar-refractivity contribution in [2.24, 2.45) is 5.92 Å². The lowest BCUT2D eigenvalue weighted by Crippen LogP contribution is -2.48. The molecule has 0 amide bonds. The van der Waals surface area contributed by atoms with Crippen LogP contribution in [0.1, 0.15) is 24.4 Å². The molecule has 116 valence electrons. The number of benzene rings is 1. The molecule has 3 rings (SSSR count). The average molecular weight is 290 g/mol. The molecule has 0 bridgehead atoms. The molecule has 0 radical (unpaired) electrons. The Kier molecular flexibility index (Phi) is 5.12. The number of piperazine rings is 1. The highest BCUT2D eigenvalue weighted by atomic mass is 16.5. The first kappa shape index (κ1) is 14.8. The first-order valence-electron chi connectivity index (χ1n) is 8.04. The molecule has 2 saturated heterocycles. The van der Waals surface area contributed by atoms with Crippen molar-refractivity contribution >= 4 is 0 Å². The smallest absolute Gasteiger partial charge is 0.123 e. The summed E-state index contributed by atoms with van der Waals surface area (Å²) in [6.45, 7) is 6.15. The van der Waals surface area contributed by atoms with E-state index in [9.17, 15) is 0 Å². The Bertz CT molecular complexity index is 446. The minimum atomic E-state index is 0.400. The van der Waals surface area contributed by atoms with Gasteiger partial charge in [0, 0.05) is 38.3 Å². The standard InChI is InChI=1S/C17H26N2O2/c1-20-17-7-3-2-6-15(17)16-11-18-8-9-19(16)12-14-5-4-10-21-13-14/h2-3,6-7,14,16,18H,4-5,8-13H2,1H3. The molecule has 1 N–H and O–H groups in total. The second kappa shape index (κ2) is 7.25. The van der Waals surface area contributed by atoms with Crippen LogP contribution in [0.25, 0.3) is 0 Å². The lowest BCUT2D eigenvalue weighted by molar-refractivity contribution is 0.0262. The monoisotopic (exact) mass is 290 g/mol. The quantitative estimate of drug-likeness (QED) is 0.920. The zero-order valence-corrected chi connectivity index (χ0v) is 12.9. The summed E-state index contributed by atoms with van der Waals surface area (Å²) in [5, 5.41) is 3.52. The lowest BCUT2D eigenvalue weighted by atomic mass is 9.97. The van der Waals surface area contributed by atoms with Crippen molar-refractivity contribution in [3.8, 4) is 5.75 Å². The van der Waals surface area contributed by atoms with Crippen LogP contribution in [0.2, 0.25) is 0 Å². The highest BCUT2D eigenvalue weighted by Crippen LogP contribution is 2.31. The van der Waals surface area contributed by atoms with Gasteiger partial charge in [-0.1, -0.05) is 18.2 Å². The molecule has 2 atom stereocenters. The molecule has 2 aliphatic heterocycles. The maximum atomic E-state index is 5.64. The van der Waals surface area contributed by atoms with Crippen LogP contribution in [0, 0.1) is 5.92 Å². The minimum absolute atomic E-state index is 0.400. The van der Waals surface area contributed by atoms with Crippen LogP contribution in [0.3, 0.4) is 0 Å². The number of ether oxygens (including phenoxy) is 2. The van der Waals surface area contributed by atoms with Gasteiger partial charge < -0.3 is 14.8 Å². The lowest BCUT2D eigenvalue weighted by Gasteiger charge is -2.39. The van der Waals surface area contributed by atoms with E-state index in [1.807, 2.05) is 6.07 Å². The van der Waals surface area contributed by atoms with E-state index in [0.717, 1.165) is 45.1 Å². The summed E-state index contributed by atoms with van der Waals surface area (Å²) in [5.74, 6) is 1.67. The molecule has 2 unspecified atom stereocenters. The van der Waals surface area contributed by atoms with Crippen molar-refractivity contribution < 1.29 is 9.47 Å². The van der Waals surface area contributed by atoms with Crippen LogP contribution in [0.5, 0.6) is 5.75 Å². The maximum Gasteiger partial charge on any atom is 0.123 e. The average Bonchev–Trinajstić information content (AvgIpc) is 2.56. The van der Waals surface area contributed by atoms with Crippen LogP contribution in [-0.4, -0.2) is 51.4 Å². The fourth-order valence-corrected chi connectivity index (χ4v) is 3.50. The van der Waals surface area contributed by atoms with Crippen molar-refractivity contribution in [2.45, 2.75) is 18.9 Å². The molecule has 0 spiro atoms. The van der Waals surface area contributed by atoms with E-state index in [0.29, 0.717) is 12.0 Å². The number of nitrogens with one attached hydrogen (secondary N) is 1. The number of hydrogen-bond donors (Lipinski definition) is 1. The van der Waals surface area contributed by atoms with Gasteiger partial charge in [-0.15, -0.1) is 0 Å². The van der Waals surface area contributed by atoms with E-state index in [4.69, 9.17) is 9.47 Å². The summed E-state index contributed by atoms with van der Waals surface area (Å²) in [7, 11) is 1.76. The predicted octanol–water partition coefficient (Wildman–Crippen LogP) is 2.07. The van der Waals surface area contributed by atoms with Gasteiger partial charge in [-0.3, -0.25) is 4.90 Å². The van der Waals surface area contributed by atoms with E-state index in [2.05, 4.69) is 28.4 Å². The molecule has 0 aliphatic carbocycles. The molecule has 2 fully saturated rings. The summed E-state index contributed by atoms with van der Waals surface area (Å²) < 4.78 is 11.2. The third-order valence-corrected chi connectivity index (χ3v) is 4.60. The number of para-hydroxylation sites is 1. The summed E-state index contributed by atoms with van der Waals surface area (Å²) >= 11 is 0. The highest BCUT2D eigenvalue weighted by molar-refractivity contribution is 5.36. The normalized spacial score (nSPS) is 27.5. The van der Waals surface area contributed by atoms with Crippen LogP contribution in [0.15, 0.2) is 24.3 Å². The van der Waals surface area contributed by atoms with E-state index in [-0.39, 0.29) is 0 Å². The van der Waals surface area contributed by atoms with E-state index < -0.39 is 0 Å². The van der Waals surface area contributed by atoms with Crippen molar-refractivity contribution in [3.05, 3.63) is 29.8 Å². The van der Waals surface area contributed by atoms with Gasteiger partial charge in [0.2, 0.25) is 0 Å². The number of rotatable bonds is 4. The number of methoxy groups -OCH3 is 1. The molecular weight excluding hydrogens is 264 g/mol. The van der Waals surface area contributed by atoms with Gasteiger partial charge in [0.05, 0.1) is 19.8 Å². The summed E-state index contributed by atoms with van der Waals surface area (Å²) in [6.07, 6.45) is 2.50. The molecule has 1 aromatic carbocycles. The topological polar surface area (TPSA) is 33.7 Å². The maximum absolute atomic E-state index is 5.64. The van der Waals surface area contributed by atoms with Crippen molar-refractivity contribution in [1.29, 1.82) is 0 Å². The Morgan fingerprint density at radius 1 is 1.38 bits per heavy atom. The van der Waals surface area contributed by atoms with Crippen molar-refractivity contribution in [1.82, 2.24) is 10.2 Å². The number of nitrogens with zero attached hydrogens (tertiary/aromatic N) is 1. The molecule has 0 saturated carbocycles. The molecule has 0 aromatic heterocycles. The summed E-state index contributed by atoms with van der Waals surface area (Å²) in [5.41, 5.74) is 1.30. The zero-order valence-electron chi connectivity index (χ0n) is 12.9. The van der Waals surface area contributed by atoms with Gasteiger partial charge >= 0.3 is 0 Å². The highest BCUT2D eigenvalue weighted by Gasteiger charge is 2.28. The Morgan fingerprint density at radius 3 is 3.10 bits per heavy atom. The van der Waals surface area contributed by atoms with Crippen LogP contribution in [-0.2, 0) is 4.74 Å². The first-order valence-corrected chi connectivity index (χ1v) is 8.04. The van der Waals surface area contributed by atoms with E-state index >= 15 is 0 Å². The van der Waals surface area contributed by atoms with Crippen molar-refractivity contribution in [2.75, 3.05) is 46.5 Å². The van der Waals surface area contributed by atoms with Gasteiger partial charge in [0.25, 0.3) is 0 Å². The molecule has 2 aliphatic rings. The van der Waals surface area contributed by atoms with Crippen LogP contribution in [0.4, 0.5) is 0 Å². The fourth-order valence-electron chi connectivity index (χ4n) is 3.50. The third kappa shape index (κ3) is 3.57. The molecule has 2 heterocycles. The second-order valence-corrected chi connectivity index (χ2v) is 6.04. The van der Waals surface area contributed by atoms with Crippen LogP contribution >= 0.6 is 0 Å². The largest absolute Gasteiger partial charge is 0.496 e. The van der Waals surface area contributed by atoms with Gasteiger partial charge in [0.15, 0.2) is 0 Å². The Balaban J connectivity index is 1.74. The predicted molar refractivity (Wildman–Crippen MR) is 83.7 cm³/mol. The third-order valence-electron chi connectivity index (χ3n) is 4.60. The molecule has 21 heavy (non-hydrogen) atoms. The number of hydrogen-bond acceptors (Lipinski definition) is 4. The minimum Gasteiger partial charge on any atom is -0.496 e. The SMILES string of the molecule is COc1ccccc1C1CNCCN1CC1CCCOC1. The first-order chi connectivity index (χ1) is 10.4.